The molecule has 2 heterocycles. The average molecular weight is 453 g/mol. The molecular weight excluding hydrogens is 427 g/mol. The van der Waals surface area contributed by atoms with E-state index in [1.54, 1.807) is 29.5 Å². The molecule has 0 aliphatic carbocycles. The van der Waals surface area contributed by atoms with Crippen molar-refractivity contribution >= 4 is 38.2 Å². The molecule has 6 nitrogen and oxygen atoms in total. The Bertz CT molecular complexity index is 1150. The topological polar surface area (TPSA) is 82.3 Å². The van der Waals surface area contributed by atoms with Gasteiger partial charge in [-0.3, -0.25) is 9.59 Å². The van der Waals surface area contributed by atoms with Crippen molar-refractivity contribution in [3.8, 4) is 0 Å². The molecule has 8 heteroatoms. The lowest BCUT2D eigenvalue weighted by atomic mass is 9.98. The van der Waals surface area contributed by atoms with E-state index in [1.807, 2.05) is 26.0 Å². The number of carbonyl (C=O) groups is 2. The summed E-state index contributed by atoms with van der Waals surface area (Å²) < 4.78 is 15.2. The highest BCUT2D eigenvalue weighted by molar-refractivity contribution is 7.22. The summed E-state index contributed by atoms with van der Waals surface area (Å²) in [6.07, 6.45) is 1.54. The van der Waals surface area contributed by atoms with Crippen molar-refractivity contribution in [2.45, 2.75) is 38.4 Å². The van der Waals surface area contributed by atoms with Crippen LogP contribution in [-0.2, 0) is 9.59 Å². The van der Waals surface area contributed by atoms with E-state index in [2.05, 4.69) is 39.5 Å². The van der Waals surface area contributed by atoms with Crippen molar-refractivity contribution in [1.82, 2.24) is 16.0 Å². The molecule has 2 aromatic carbocycles. The van der Waals surface area contributed by atoms with Gasteiger partial charge >= 0.3 is 0 Å². The molecule has 1 aliphatic rings. The second kappa shape index (κ2) is 9.00. The number of fused-ring (bicyclic) bond motifs is 1. The number of nitrogens with one attached hydrogen (secondary N) is 4. The molecular formula is C24H25FN4O2S. The number of amides is 2. The summed E-state index contributed by atoms with van der Waals surface area (Å²) in [6, 6.07) is 16.5. The summed E-state index contributed by atoms with van der Waals surface area (Å²) in [7, 11) is 0. The predicted octanol–water partition coefficient (Wildman–Crippen LogP) is 4.39. The molecule has 0 saturated carbocycles. The zero-order chi connectivity index (χ0) is 22.7. The van der Waals surface area contributed by atoms with Gasteiger partial charge in [-0.2, -0.15) is 0 Å². The first kappa shape index (κ1) is 21.8. The lowest BCUT2D eigenvalue weighted by Crippen LogP contribution is -2.46. The third-order valence-electron chi connectivity index (χ3n) is 5.27. The monoisotopic (exact) mass is 452 g/mol. The van der Waals surface area contributed by atoms with Crippen LogP contribution in [0.25, 0.3) is 10.1 Å². The highest BCUT2D eigenvalue weighted by Crippen LogP contribution is 2.32. The van der Waals surface area contributed by atoms with Crippen LogP contribution in [0.1, 0.15) is 38.4 Å². The van der Waals surface area contributed by atoms with Crippen molar-refractivity contribution in [3.63, 3.8) is 0 Å². The Morgan fingerprint density at radius 1 is 1.16 bits per heavy atom. The Labute approximate surface area is 189 Å². The first-order chi connectivity index (χ1) is 15.3. The molecule has 0 fully saturated rings. The van der Waals surface area contributed by atoms with Gasteiger partial charge in [-0.15, -0.1) is 11.3 Å². The molecule has 3 aromatic rings. The summed E-state index contributed by atoms with van der Waals surface area (Å²) in [5.74, 6) is -1.14. The maximum atomic E-state index is 14.0. The van der Waals surface area contributed by atoms with E-state index < -0.39 is 17.9 Å². The van der Waals surface area contributed by atoms with Gasteiger partial charge in [0.05, 0.1) is 5.00 Å². The minimum Gasteiger partial charge on any atom is -0.372 e. The van der Waals surface area contributed by atoms with E-state index in [1.165, 1.54) is 22.4 Å². The van der Waals surface area contributed by atoms with Gasteiger partial charge in [0.25, 0.3) is 5.91 Å². The van der Waals surface area contributed by atoms with Crippen LogP contribution >= 0.6 is 11.3 Å². The van der Waals surface area contributed by atoms with Gasteiger partial charge in [0, 0.05) is 28.4 Å². The minimum atomic E-state index is -0.686. The van der Waals surface area contributed by atoms with Gasteiger partial charge in [0.1, 0.15) is 17.7 Å². The molecule has 32 heavy (non-hydrogen) atoms. The Hall–Kier alpha value is -3.39. The standard InChI is InChI=1S/C24H25FN4O2S/c1-24(2,29-21-13-15-7-3-6-10-19(15)32-21)12-11-20(30)27-18-14-26-22(28-23(18)31)16-8-4-5-9-17(16)25/h3-10,13-14,22,26,29H,11-12H2,1-2H3,(H,27,30)(H,28,31). The van der Waals surface area contributed by atoms with Crippen LogP contribution in [-0.4, -0.2) is 17.4 Å². The summed E-state index contributed by atoms with van der Waals surface area (Å²) in [5.41, 5.74) is 0.129. The van der Waals surface area contributed by atoms with Crippen LogP contribution in [0, 0.1) is 5.82 Å². The number of anilines is 1. The number of benzene rings is 2. The quantitative estimate of drug-likeness (QED) is 0.429. The van der Waals surface area contributed by atoms with E-state index in [4.69, 9.17) is 0 Å². The van der Waals surface area contributed by atoms with E-state index in [0.717, 1.165) is 5.00 Å². The minimum absolute atomic E-state index is 0.109. The van der Waals surface area contributed by atoms with Gasteiger partial charge in [-0.05, 0) is 43.9 Å². The second-order valence-electron chi connectivity index (χ2n) is 8.36. The highest BCUT2D eigenvalue weighted by Gasteiger charge is 2.26. The SMILES string of the molecule is CC(C)(CCC(=O)NC1=CNC(c2ccccc2F)NC1=O)Nc1cc2ccccc2s1. The maximum absolute atomic E-state index is 14.0. The summed E-state index contributed by atoms with van der Waals surface area (Å²) in [4.78, 5) is 24.8. The largest absolute Gasteiger partial charge is 0.372 e. The first-order valence-corrected chi connectivity index (χ1v) is 11.2. The third kappa shape index (κ3) is 5.08. The summed E-state index contributed by atoms with van der Waals surface area (Å²) in [6.45, 7) is 4.08. The van der Waals surface area contributed by atoms with Crippen LogP contribution in [0.5, 0.6) is 0 Å². The molecule has 0 bridgehead atoms. The van der Waals surface area contributed by atoms with Crippen molar-refractivity contribution in [2.75, 3.05) is 5.32 Å². The highest BCUT2D eigenvalue weighted by atomic mass is 32.1. The van der Waals surface area contributed by atoms with Crippen LogP contribution in [0.3, 0.4) is 0 Å². The number of rotatable bonds is 7. The zero-order valence-electron chi connectivity index (χ0n) is 17.9. The average Bonchev–Trinajstić information content (AvgIpc) is 3.16. The predicted molar refractivity (Wildman–Crippen MR) is 125 cm³/mol. The molecule has 166 valence electrons. The molecule has 4 rings (SSSR count). The fourth-order valence-electron chi connectivity index (χ4n) is 3.53. The molecule has 1 aliphatic heterocycles. The van der Waals surface area contributed by atoms with E-state index in [-0.39, 0.29) is 23.6 Å². The number of thiophene rings is 1. The fourth-order valence-corrected chi connectivity index (χ4v) is 4.67. The Morgan fingerprint density at radius 3 is 2.66 bits per heavy atom. The molecule has 2 amide bonds. The van der Waals surface area contributed by atoms with Crippen LogP contribution in [0.2, 0.25) is 0 Å². The van der Waals surface area contributed by atoms with Gasteiger partial charge < -0.3 is 21.3 Å². The molecule has 0 spiro atoms. The third-order valence-corrected chi connectivity index (χ3v) is 6.30. The van der Waals surface area contributed by atoms with E-state index in [9.17, 15) is 14.0 Å². The van der Waals surface area contributed by atoms with E-state index >= 15 is 0 Å². The number of carbonyl (C=O) groups excluding carboxylic acids is 2. The number of hydrogen-bond acceptors (Lipinski definition) is 5. The smallest absolute Gasteiger partial charge is 0.271 e. The molecule has 0 radical (unpaired) electrons. The fraction of sp³-hybridized carbons (Fsp3) is 0.250. The van der Waals surface area contributed by atoms with Crippen molar-refractivity contribution in [3.05, 3.63) is 77.9 Å². The first-order valence-electron chi connectivity index (χ1n) is 10.4. The maximum Gasteiger partial charge on any atom is 0.271 e. The molecule has 4 N–H and O–H groups in total. The Morgan fingerprint density at radius 2 is 1.91 bits per heavy atom. The van der Waals surface area contributed by atoms with Crippen LogP contribution in [0.15, 0.2) is 66.5 Å². The van der Waals surface area contributed by atoms with Crippen molar-refractivity contribution in [1.29, 1.82) is 0 Å². The lowest BCUT2D eigenvalue weighted by molar-refractivity contribution is -0.124. The molecule has 1 atom stereocenters. The molecule has 1 unspecified atom stereocenters. The van der Waals surface area contributed by atoms with Crippen LogP contribution in [0.4, 0.5) is 9.39 Å². The summed E-state index contributed by atoms with van der Waals surface area (Å²) >= 11 is 1.68. The van der Waals surface area contributed by atoms with Gasteiger partial charge in [-0.1, -0.05) is 36.4 Å². The zero-order valence-corrected chi connectivity index (χ0v) is 18.7. The Balaban J connectivity index is 1.31. The number of halogens is 1. The molecule has 0 saturated heterocycles. The second-order valence-corrected chi connectivity index (χ2v) is 9.44. The Kier molecular flexibility index (Phi) is 6.14. The summed E-state index contributed by atoms with van der Waals surface area (Å²) in [5, 5.41) is 14.0. The lowest BCUT2D eigenvalue weighted by Gasteiger charge is -2.27. The van der Waals surface area contributed by atoms with Gasteiger partial charge in [0.2, 0.25) is 5.91 Å². The normalized spacial score (nSPS) is 16.2. The van der Waals surface area contributed by atoms with Gasteiger partial charge in [-0.25, -0.2) is 4.39 Å². The van der Waals surface area contributed by atoms with Crippen molar-refractivity contribution < 1.29 is 14.0 Å². The van der Waals surface area contributed by atoms with Crippen LogP contribution < -0.4 is 21.3 Å². The van der Waals surface area contributed by atoms with Gasteiger partial charge in [0.15, 0.2) is 0 Å². The van der Waals surface area contributed by atoms with E-state index in [0.29, 0.717) is 12.0 Å². The number of hydrogen-bond donors (Lipinski definition) is 4. The van der Waals surface area contributed by atoms with Crippen molar-refractivity contribution in [2.24, 2.45) is 0 Å². The molecule has 1 aromatic heterocycles.